The van der Waals surface area contributed by atoms with Gasteiger partial charge in [-0.1, -0.05) is 78.9 Å². The van der Waals surface area contributed by atoms with Crippen LogP contribution in [-0.2, 0) is 0 Å². The maximum Gasteiger partial charge on any atom is 0.253 e. The Morgan fingerprint density at radius 1 is 0.607 bits per heavy atom. The molecule has 4 aromatic carbocycles. The summed E-state index contributed by atoms with van der Waals surface area (Å²) in [6, 6.07) is 32.8. The van der Waals surface area contributed by atoms with Gasteiger partial charge in [0.2, 0.25) is 0 Å². The molecule has 0 aliphatic rings. The van der Waals surface area contributed by atoms with Gasteiger partial charge in [-0.3, -0.25) is 4.79 Å². The van der Waals surface area contributed by atoms with Gasteiger partial charge in [-0.2, -0.15) is 0 Å². The van der Waals surface area contributed by atoms with Crippen molar-refractivity contribution in [3.63, 3.8) is 0 Å². The van der Waals surface area contributed by atoms with Crippen LogP contribution in [0.4, 0.5) is 0 Å². The van der Waals surface area contributed by atoms with E-state index in [0.717, 1.165) is 28.0 Å². The van der Waals surface area contributed by atoms with Crippen molar-refractivity contribution < 1.29 is 9.53 Å². The van der Waals surface area contributed by atoms with Crippen molar-refractivity contribution in [2.45, 2.75) is 0 Å². The van der Waals surface area contributed by atoms with Crippen LogP contribution in [0.15, 0.2) is 103 Å². The standard InChI is InChI=1S/C25H17ClO2/c26-25(27)21-16-17-22(28-20-14-8-3-9-15-20)24(19-12-6-2-7-13-19)23(21)18-10-4-1-5-11-18/h1-17H. The van der Waals surface area contributed by atoms with E-state index < -0.39 is 5.24 Å². The normalized spacial score (nSPS) is 10.5. The molecular formula is C25H17ClO2. The molecule has 3 heteroatoms. The molecule has 4 aromatic rings. The zero-order valence-electron chi connectivity index (χ0n) is 15.0. The average molecular weight is 385 g/mol. The molecule has 0 N–H and O–H groups in total. The molecule has 0 aliphatic heterocycles. The van der Waals surface area contributed by atoms with Crippen LogP contribution >= 0.6 is 11.6 Å². The van der Waals surface area contributed by atoms with Crippen molar-refractivity contribution in [1.29, 1.82) is 0 Å². The third kappa shape index (κ3) is 3.68. The Morgan fingerprint density at radius 3 is 1.64 bits per heavy atom. The molecular weight excluding hydrogens is 368 g/mol. The molecule has 0 aliphatic carbocycles. The van der Waals surface area contributed by atoms with Gasteiger partial charge in [-0.25, -0.2) is 0 Å². The number of hydrogen-bond donors (Lipinski definition) is 0. The van der Waals surface area contributed by atoms with Gasteiger partial charge in [-0.05, 0) is 47.0 Å². The Labute approximate surface area is 169 Å². The minimum absolute atomic E-state index is 0.451. The van der Waals surface area contributed by atoms with E-state index in [1.165, 1.54) is 0 Å². The molecule has 28 heavy (non-hydrogen) atoms. The summed E-state index contributed by atoms with van der Waals surface area (Å²) in [5.74, 6) is 1.39. The average Bonchev–Trinajstić information content (AvgIpc) is 2.75. The Kier molecular flexibility index (Phi) is 5.22. The molecule has 0 bridgehead atoms. The highest BCUT2D eigenvalue weighted by Gasteiger charge is 2.21. The van der Waals surface area contributed by atoms with E-state index in [4.69, 9.17) is 16.3 Å². The van der Waals surface area contributed by atoms with Crippen molar-refractivity contribution in [2.75, 3.05) is 0 Å². The number of benzene rings is 4. The summed E-state index contributed by atoms with van der Waals surface area (Å²) < 4.78 is 6.21. The SMILES string of the molecule is O=C(Cl)c1ccc(Oc2ccccc2)c(-c2ccccc2)c1-c1ccccc1. The number of carbonyl (C=O) groups excluding carboxylic acids is 1. The molecule has 0 spiro atoms. The van der Waals surface area contributed by atoms with Crippen LogP contribution in [0.25, 0.3) is 22.3 Å². The van der Waals surface area contributed by atoms with Crippen LogP contribution in [0, 0.1) is 0 Å². The second-order valence-electron chi connectivity index (χ2n) is 6.28. The molecule has 0 fully saturated rings. The van der Waals surface area contributed by atoms with Crippen LogP contribution in [0.1, 0.15) is 10.4 Å². The Balaban J connectivity index is 2.01. The lowest BCUT2D eigenvalue weighted by Gasteiger charge is -2.18. The third-order valence-corrected chi connectivity index (χ3v) is 4.68. The van der Waals surface area contributed by atoms with E-state index in [1.807, 2.05) is 91.0 Å². The topological polar surface area (TPSA) is 26.3 Å². The lowest BCUT2D eigenvalue weighted by Crippen LogP contribution is -1.99. The fourth-order valence-corrected chi connectivity index (χ4v) is 3.40. The minimum Gasteiger partial charge on any atom is -0.457 e. The van der Waals surface area contributed by atoms with E-state index in [2.05, 4.69) is 0 Å². The van der Waals surface area contributed by atoms with Crippen LogP contribution in [0.2, 0.25) is 0 Å². The number of halogens is 1. The minimum atomic E-state index is -0.498. The van der Waals surface area contributed by atoms with Crippen LogP contribution in [-0.4, -0.2) is 5.24 Å². The van der Waals surface area contributed by atoms with Gasteiger partial charge in [0.05, 0.1) is 0 Å². The predicted octanol–water partition coefficient (Wildman–Crippen LogP) is 7.19. The molecule has 0 saturated heterocycles. The first-order chi connectivity index (χ1) is 13.7. The van der Waals surface area contributed by atoms with Crippen molar-refractivity contribution in [1.82, 2.24) is 0 Å². The molecule has 4 rings (SSSR count). The van der Waals surface area contributed by atoms with E-state index in [9.17, 15) is 4.79 Å². The number of hydrogen-bond acceptors (Lipinski definition) is 2. The second kappa shape index (κ2) is 8.12. The molecule has 0 atom stereocenters. The Morgan fingerprint density at radius 2 is 1.11 bits per heavy atom. The van der Waals surface area contributed by atoms with Gasteiger partial charge < -0.3 is 4.74 Å². The zero-order chi connectivity index (χ0) is 19.3. The number of para-hydroxylation sites is 1. The fraction of sp³-hybridized carbons (Fsp3) is 0. The quantitative estimate of drug-likeness (QED) is 0.340. The summed E-state index contributed by atoms with van der Waals surface area (Å²) in [6.45, 7) is 0. The predicted molar refractivity (Wildman–Crippen MR) is 114 cm³/mol. The highest BCUT2D eigenvalue weighted by atomic mass is 35.5. The number of ether oxygens (including phenoxy) is 1. The zero-order valence-corrected chi connectivity index (χ0v) is 15.8. The summed E-state index contributed by atoms with van der Waals surface area (Å²) in [6.07, 6.45) is 0. The first-order valence-electron chi connectivity index (χ1n) is 8.94. The molecule has 136 valence electrons. The summed E-state index contributed by atoms with van der Waals surface area (Å²) >= 11 is 5.95. The first kappa shape index (κ1) is 18.0. The molecule has 0 aromatic heterocycles. The second-order valence-corrected chi connectivity index (χ2v) is 6.63. The van der Waals surface area contributed by atoms with Crippen LogP contribution in [0.3, 0.4) is 0 Å². The van der Waals surface area contributed by atoms with Gasteiger partial charge in [0.25, 0.3) is 5.24 Å². The van der Waals surface area contributed by atoms with Gasteiger partial charge in [0, 0.05) is 16.7 Å². The first-order valence-corrected chi connectivity index (χ1v) is 9.32. The molecule has 0 radical (unpaired) electrons. The molecule has 0 unspecified atom stereocenters. The lowest BCUT2D eigenvalue weighted by molar-refractivity contribution is 0.108. The Bertz CT molecular complexity index is 1090. The summed E-state index contributed by atoms with van der Waals surface area (Å²) in [5.41, 5.74) is 3.91. The number of carbonyl (C=O) groups is 1. The van der Waals surface area contributed by atoms with Crippen molar-refractivity contribution in [3.8, 4) is 33.8 Å². The van der Waals surface area contributed by atoms with Crippen molar-refractivity contribution in [2.24, 2.45) is 0 Å². The smallest absolute Gasteiger partial charge is 0.253 e. The highest BCUT2D eigenvalue weighted by molar-refractivity contribution is 6.68. The van der Waals surface area contributed by atoms with Gasteiger partial charge in [0.1, 0.15) is 11.5 Å². The fourth-order valence-electron chi connectivity index (χ4n) is 3.24. The van der Waals surface area contributed by atoms with Crippen molar-refractivity contribution in [3.05, 3.63) is 109 Å². The Hall–Kier alpha value is -3.36. The van der Waals surface area contributed by atoms with E-state index >= 15 is 0 Å². The maximum atomic E-state index is 12.2. The van der Waals surface area contributed by atoms with Crippen molar-refractivity contribution >= 4 is 16.8 Å². The highest BCUT2D eigenvalue weighted by Crippen LogP contribution is 2.43. The van der Waals surface area contributed by atoms with Gasteiger partial charge >= 0.3 is 0 Å². The largest absolute Gasteiger partial charge is 0.457 e. The monoisotopic (exact) mass is 384 g/mol. The van der Waals surface area contributed by atoms with E-state index in [-0.39, 0.29) is 0 Å². The summed E-state index contributed by atoms with van der Waals surface area (Å²) in [7, 11) is 0. The maximum absolute atomic E-state index is 12.2. The number of rotatable bonds is 5. The van der Waals surface area contributed by atoms with Gasteiger partial charge in [-0.15, -0.1) is 0 Å². The summed E-state index contributed by atoms with van der Waals surface area (Å²) in [4.78, 5) is 12.2. The molecule has 0 amide bonds. The lowest BCUT2D eigenvalue weighted by atomic mass is 9.90. The van der Waals surface area contributed by atoms with Crippen LogP contribution < -0.4 is 4.74 Å². The summed E-state index contributed by atoms with van der Waals surface area (Å²) in [5, 5.41) is -0.498. The van der Waals surface area contributed by atoms with E-state index in [1.54, 1.807) is 12.1 Å². The van der Waals surface area contributed by atoms with E-state index in [0.29, 0.717) is 11.3 Å². The van der Waals surface area contributed by atoms with Gasteiger partial charge in [0.15, 0.2) is 0 Å². The molecule has 2 nitrogen and oxygen atoms in total. The molecule has 0 saturated carbocycles. The molecule has 0 heterocycles. The van der Waals surface area contributed by atoms with Crippen LogP contribution in [0.5, 0.6) is 11.5 Å². The third-order valence-electron chi connectivity index (χ3n) is 4.47.